The summed E-state index contributed by atoms with van der Waals surface area (Å²) in [4.78, 5) is 15.8. The van der Waals surface area contributed by atoms with Crippen molar-refractivity contribution in [3.05, 3.63) is 35.1 Å². The van der Waals surface area contributed by atoms with Crippen molar-refractivity contribution in [1.82, 2.24) is 9.80 Å². The molecule has 0 atom stereocenters. The molecule has 2 aliphatic rings. The van der Waals surface area contributed by atoms with Crippen LogP contribution < -0.4 is 0 Å². The summed E-state index contributed by atoms with van der Waals surface area (Å²) in [5, 5.41) is 8.96. The third-order valence-corrected chi connectivity index (χ3v) is 4.35. The number of carbonyl (C=O) groups is 1. The molecular formula is C16H21FN2O2. The highest BCUT2D eigenvalue weighted by atomic mass is 19.1. The van der Waals surface area contributed by atoms with Gasteiger partial charge in [-0.1, -0.05) is 6.07 Å². The minimum absolute atomic E-state index is 0.236. The third-order valence-electron chi connectivity index (χ3n) is 4.35. The van der Waals surface area contributed by atoms with E-state index in [1.54, 1.807) is 6.07 Å². The highest BCUT2D eigenvalue weighted by Crippen LogP contribution is 2.30. The minimum atomic E-state index is -1.20. The zero-order valence-electron chi connectivity index (χ0n) is 12.1. The Bertz CT molecular complexity index is 523. The number of carboxylic acid groups (broad SMARTS) is 1. The molecule has 3 rings (SSSR count). The van der Waals surface area contributed by atoms with Crippen molar-refractivity contribution in [2.45, 2.75) is 19.4 Å². The zero-order valence-corrected chi connectivity index (χ0v) is 12.1. The van der Waals surface area contributed by atoms with Crippen LogP contribution in [0.4, 0.5) is 4.39 Å². The van der Waals surface area contributed by atoms with E-state index in [0.29, 0.717) is 6.54 Å². The van der Waals surface area contributed by atoms with Gasteiger partial charge in [0.25, 0.3) is 0 Å². The summed E-state index contributed by atoms with van der Waals surface area (Å²) in [7, 11) is 0. The lowest BCUT2D eigenvalue weighted by Gasteiger charge is -2.34. The molecule has 4 nitrogen and oxygen atoms in total. The maximum Gasteiger partial charge on any atom is 0.338 e. The van der Waals surface area contributed by atoms with E-state index in [1.807, 2.05) is 0 Å². The first-order valence-electron chi connectivity index (χ1n) is 7.58. The molecule has 0 spiro atoms. The smallest absolute Gasteiger partial charge is 0.338 e. The van der Waals surface area contributed by atoms with Crippen LogP contribution in [0.2, 0.25) is 0 Å². The Morgan fingerprint density at radius 2 is 1.86 bits per heavy atom. The van der Waals surface area contributed by atoms with E-state index < -0.39 is 11.8 Å². The molecule has 0 bridgehead atoms. The average molecular weight is 292 g/mol. The van der Waals surface area contributed by atoms with Gasteiger partial charge in [0.1, 0.15) is 5.82 Å². The van der Waals surface area contributed by atoms with E-state index in [9.17, 15) is 9.18 Å². The quantitative estimate of drug-likeness (QED) is 0.902. The van der Waals surface area contributed by atoms with E-state index in [2.05, 4.69) is 9.80 Å². The number of benzene rings is 1. The van der Waals surface area contributed by atoms with Gasteiger partial charge >= 0.3 is 5.97 Å². The van der Waals surface area contributed by atoms with Crippen LogP contribution in [0.15, 0.2) is 18.2 Å². The maximum atomic E-state index is 13.4. The van der Waals surface area contributed by atoms with Crippen LogP contribution in [0, 0.1) is 11.7 Å². The lowest BCUT2D eigenvalue weighted by Crippen LogP contribution is -2.46. The van der Waals surface area contributed by atoms with Crippen LogP contribution in [0.25, 0.3) is 0 Å². The molecular weight excluding hydrogens is 271 g/mol. The summed E-state index contributed by atoms with van der Waals surface area (Å²) in [6, 6.07) is 4.38. The van der Waals surface area contributed by atoms with Gasteiger partial charge < -0.3 is 10.0 Å². The van der Waals surface area contributed by atoms with Gasteiger partial charge in [0.05, 0.1) is 5.56 Å². The van der Waals surface area contributed by atoms with Crippen molar-refractivity contribution in [2.24, 2.45) is 5.92 Å². The van der Waals surface area contributed by atoms with Crippen molar-refractivity contribution in [2.75, 3.05) is 32.7 Å². The molecule has 5 heteroatoms. The monoisotopic (exact) mass is 292 g/mol. The second-order valence-electron chi connectivity index (χ2n) is 6.14. The van der Waals surface area contributed by atoms with E-state index in [-0.39, 0.29) is 5.56 Å². The van der Waals surface area contributed by atoms with E-state index in [0.717, 1.165) is 37.7 Å². The molecule has 1 heterocycles. The number of nitrogens with zero attached hydrogens (tertiary/aromatic N) is 2. The van der Waals surface area contributed by atoms with E-state index in [4.69, 9.17) is 5.11 Å². The standard InChI is InChI=1S/C16H21FN2O2/c17-15-4-3-13(9-14(15)16(20)21)11-19-7-5-18(6-8-19)10-12-1-2-12/h3-4,9,12H,1-2,5-8,10-11H2,(H,20,21). The highest BCUT2D eigenvalue weighted by molar-refractivity contribution is 5.88. The number of hydrogen-bond acceptors (Lipinski definition) is 3. The van der Waals surface area contributed by atoms with Crippen LogP contribution in [0.5, 0.6) is 0 Å². The summed E-state index contributed by atoms with van der Waals surface area (Å²) in [5.74, 6) is -0.948. The number of rotatable bonds is 5. The number of hydrogen-bond donors (Lipinski definition) is 1. The topological polar surface area (TPSA) is 43.8 Å². The van der Waals surface area contributed by atoms with Gasteiger partial charge in [-0.25, -0.2) is 9.18 Å². The molecule has 2 fully saturated rings. The molecule has 1 aliphatic heterocycles. The Kier molecular flexibility index (Phi) is 4.22. The molecule has 1 aromatic carbocycles. The zero-order chi connectivity index (χ0) is 14.8. The summed E-state index contributed by atoms with van der Waals surface area (Å²) in [6.07, 6.45) is 2.77. The lowest BCUT2D eigenvalue weighted by molar-refractivity contribution is 0.0691. The Morgan fingerprint density at radius 3 is 2.48 bits per heavy atom. The Morgan fingerprint density at radius 1 is 1.19 bits per heavy atom. The van der Waals surface area contributed by atoms with Gasteiger partial charge in [0.15, 0.2) is 0 Å². The third kappa shape index (κ3) is 3.80. The molecule has 1 N–H and O–H groups in total. The van der Waals surface area contributed by atoms with Crippen molar-refractivity contribution >= 4 is 5.97 Å². The molecule has 1 saturated heterocycles. The van der Waals surface area contributed by atoms with Crippen LogP contribution in [0.1, 0.15) is 28.8 Å². The van der Waals surface area contributed by atoms with Crippen molar-refractivity contribution in [3.8, 4) is 0 Å². The molecule has 0 aromatic heterocycles. The Balaban J connectivity index is 1.55. The van der Waals surface area contributed by atoms with Crippen molar-refractivity contribution in [3.63, 3.8) is 0 Å². The molecule has 0 radical (unpaired) electrons. The molecule has 21 heavy (non-hydrogen) atoms. The number of piperazine rings is 1. The van der Waals surface area contributed by atoms with Crippen molar-refractivity contribution < 1.29 is 14.3 Å². The first-order chi connectivity index (χ1) is 10.1. The second-order valence-corrected chi connectivity index (χ2v) is 6.14. The first-order valence-corrected chi connectivity index (χ1v) is 7.58. The largest absolute Gasteiger partial charge is 0.478 e. The lowest BCUT2D eigenvalue weighted by atomic mass is 10.1. The fourth-order valence-corrected chi connectivity index (χ4v) is 2.89. The van der Waals surface area contributed by atoms with Crippen LogP contribution >= 0.6 is 0 Å². The van der Waals surface area contributed by atoms with E-state index >= 15 is 0 Å². The fraction of sp³-hybridized carbons (Fsp3) is 0.562. The number of aromatic carboxylic acids is 1. The molecule has 0 amide bonds. The van der Waals surface area contributed by atoms with Crippen LogP contribution in [-0.4, -0.2) is 53.6 Å². The fourth-order valence-electron chi connectivity index (χ4n) is 2.89. The summed E-state index contributed by atoms with van der Waals surface area (Å²) >= 11 is 0. The van der Waals surface area contributed by atoms with Gasteiger partial charge in [-0.2, -0.15) is 0 Å². The maximum absolute atomic E-state index is 13.4. The van der Waals surface area contributed by atoms with Gasteiger partial charge in [0.2, 0.25) is 0 Å². The molecule has 1 aliphatic carbocycles. The highest BCUT2D eigenvalue weighted by Gasteiger charge is 2.26. The van der Waals surface area contributed by atoms with Crippen LogP contribution in [-0.2, 0) is 6.54 Å². The first kappa shape index (κ1) is 14.5. The normalized spacial score (nSPS) is 20.6. The molecule has 1 aromatic rings. The Hall–Kier alpha value is -1.46. The predicted octanol–water partition coefficient (Wildman–Crippen LogP) is 2.05. The summed E-state index contributed by atoms with van der Waals surface area (Å²) in [6.45, 7) is 6.05. The van der Waals surface area contributed by atoms with Crippen LogP contribution in [0.3, 0.4) is 0 Å². The predicted molar refractivity (Wildman–Crippen MR) is 77.8 cm³/mol. The number of halogens is 1. The summed E-state index contributed by atoms with van der Waals surface area (Å²) in [5.41, 5.74) is 0.629. The van der Waals surface area contributed by atoms with Crippen molar-refractivity contribution in [1.29, 1.82) is 0 Å². The van der Waals surface area contributed by atoms with Gasteiger partial charge in [-0.05, 0) is 36.5 Å². The molecule has 1 saturated carbocycles. The van der Waals surface area contributed by atoms with Gasteiger partial charge in [-0.3, -0.25) is 4.90 Å². The summed E-state index contributed by atoms with van der Waals surface area (Å²) < 4.78 is 13.4. The SMILES string of the molecule is O=C(O)c1cc(CN2CCN(CC3CC3)CC2)ccc1F. The minimum Gasteiger partial charge on any atom is -0.478 e. The molecule has 0 unspecified atom stereocenters. The Labute approximate surface area is 124 Å². The average Bonchev–Trinajstić information content (AvgIpc) is 3.27. The second kappa shape index (κ2) is 6.12. The van der Waals surface area contributed by atoms with Gasteiger partial charge in [-0.15, -0.1) is 0 Å². The molecule has 114 valence electrons. The van der Waals surface area contributed by atoms with Gasteiger partial charge in [0, 0.05) is 39.3 Å². The van der Waals surface area contributed by atoms with E-state index in [1.165, 1.54) is 31.5 Å². The number of carboxylic acids is 1.